The number of carbonyl (C=O) groups is 1. The van der Waals surface area contributed by atoms with Crippen LogP contribution in [0.25, 0.3) is 17.3 Å². The molecule has 1 amide bonds. The third kappa shape index (κ3) is 4.37. The summed E-state index contributed by atoms with van der Waals surface area (Å²) in [5, 5.41) is 5.14. The van der Waals surface area contributed by atoms with Gasteiger partial charge in [0, 0.05) is 21.5 Å². The van der Waals surface area contributed by atoms with E-state index in [1.807, 2.05) is 29.6 Å². The number of nitrogens with one attached hydrogen (secondary N) is 1. The molecule has 120 valence electrons. The first kappa shape index (κ1) is 16.5. The van der Waals surface area contributed by atoms with E-state index < -0.39 is 0 Å². The molecule has 0 spiro atoms. The summed E-state index contributed by atoms with van der Waals surface area (Å²) < 4.78 is 13.8. The lowest BCUT2D eigenvalue weighted by atomic mass is 10.2. The number of benzene rings is 2. The highest BCUT2D eigenvalue weighted by Gasteiger charge is 2.06. The molecule has 0 aliphatic carbocycles. The fourth-order valence-corrected chi connectivity index (χ4v) is 2.96. The van der Waals surface area contributed by atoms with Gasteiger partial charge in [0.2, 0.25) is 5.91 Å². The molecule has 3 aromatic rings. The maximum Gasteiger partial charge on any atom is 0.250 e. The van der Waals surface area contributed by atoms with E-state index in [0.29, 0.717) is 5.13 Å². The second-order valence-corrected chi connectivity index (χ2v) is 6.69. The lowest BCUT2D eigenvalue weighted by Crippen LogP contribution is -2.07. The third-order valence-corrected chi connectivity index (χ3v) is 4.46. The summed E-state index contributed by atoms with van der Waals surface area (Å²) in [6, 6.07) is 13.7. The highest BCUT2D eigenvalue weighted by Crippen LogP contribution is 2.26. The molecule has 0 aliphatic heterocycles. The molecule has 0 atom stereocenters. The minimum atomic E-state index is -0.306. The number of rotatable bonds is 4. The summed E-state index contributed by atoms with van der Waals surface area (Å²) >= 11 is 4.76. The van der Waals surface area contributed by atoms with Crippen LogP contribution in [0.5, 0.6) is 0 Å². The van der Waals surface area contributed by atoms with Crippen LogP contribution in [0.1, 0.15) is 5.56 Å². The van der Waals surface area contributed by atoms with Gasteiger partial charge in [0.05, 0.1) is 5.69 Å². The van der Waals surface area contributed by atoms with Gasteiger partial charge in [-0.05, 0) is 35.9 Å². The summed E-state index contributed by atoms with van der Waals surface area (Å²) in [6.07, 6.45) is 3.02. The fraction of sp³-hybridized carbons (Fsp3) is 0. The number of halogens is 2. The van der Waals surface area contributed by atoms with Crippen molar-refractivity contribution in [2.45, 2.75) is 0 Å². The van der Waals surface area contributed by atoms with Crippen molar-refractivity contribution in [3.8, 4) is 11.3 Å². The Kier molecular flexibility index (Phi) is 5.17. The molecule has 1 N–H and O–H groups in total. The standard InChI is InChI=1S/C18H12BrFN2OS/c19-14-6-4-13(5-7-14)16-11-24-18(21-16)22-17(23)10-3-12-1-8-15(20)9-2-12/h1-11H,(H,21,22,23). The Balaban J connectivity index is 1.64. The van der Waals surface area contributed by atoms with Crippen LogP contribution in [0, 0.1) is 5.82 Å². The molecule has 1 aromatic heterocycles. The molecule has 1 heterocycles. The second kappa shape index (κ2) is 7.51. The Labute approximate surface area is 151 Å². The van der Waals surface area contributed by atoms with E-state index in [1.165, 1.54) is 29.5 Å². The van der Waals surface area contributed by atoms with E-state index in [1.54, 1.807) is 18.2 Å². The van der Waals surface area contributed by atoms with E-state index in [-0.39, 0.29) is 11.7 Å². The van der Waals surface area contributed by atoms with E-state index >= 15 is 0 Å². The van der Waals surface area contributed by atoms with Gasteiger partial charge in [-0.2, -0.15) is 0 Å². The monoisotopic (exact) mass is 402 g/mol. The Morgan fingerprint density at radius 3 is 2.54 bits per heavy atom. The van der Waals surface area contributed by atoms with Gasteiger partial charge in [0.1, 0.15) is 5.82 Å². The van der Waals surface area contributed by atoms with E-state index in [4.69, 9.17) is 0 Å². The molecule has 2 aromatic carbocycles. The predicted molar refractivity (Wildman–Crippen MR) is 99.3 cm³/mol. The van der Waals surface area contributed by atoms with Gasteiger partial charge < -0.3 is 0 Å². The molecule has 0 unspecified atom stereocenters. The van der Waals surface area contributed by atoms with Gasteiger partial charge >= 0.3 is 0 Å². The van der Waals surface area contributed by atoms with Gasteiger partial charge in [0.15, 0.2) is 5.13 Å². The number of anilines is 1. The van der Waals surface area contributed by atoms with Gasteiger partial charge in [-0.25, -0.2) is 9.37 Å². The quantitative estimate of drug-likeness (QED) is 0.596. The Morgan fingerprint density at radius 1 is 1.12 bits per heavy atom. The molecule has 0 bridgehead atoms. The molecule has 3 nitrogen and oxygen atoms in total. The largest absolute Gasteiger partial charge is 0.298 e. The van der Waals surface area contributed by atoms with Crippen LogP contribution in [-0.4, -0.2) is 10.9 Å². The topological polar surface area (TPSA) is 42.0 Å². The molecule has 6 heteroatoms. The normalized spacial score (nSPS) is 10.9. The average molecular weight is 403 g/mol. The smallest absolute Gasteiger partial charge is 0.250 e. The van der Waals surface area contributed by atoms with Gasteiger partial charge in [0.25, 0.3) is 0 Å². The number of aromatic nitrogens is 1. The highest BCUT2D eigenvalue weighted by molar-refractivity contribution is 9.10. The summed E-state index contributed by atoms with van der Waals surface area (Å²) in [7, 11) is 0. The molecule has 3 rings (SSSR count). The fourth-order valence-electron chi connectivity index (χ4n) is 1.98. The van der Waals surface area contributed by atoms with Crippen LogP contribution in [0.3, 0.4) is 0 Å². The zero-order valence-corrected chi connectivity index (χ0v) is 14.8. The van der Waals surface area contributed by atoms with Crippen molar-refractivity contribution in [2.75, 3.05) is 5.32 Å². The first-order chi connectivity index (χ1) is 11.6. The van der Waals surface area contributed by atoms with Crippen molar-refractivity contribution < 1.29 is 9.18 Å². The van der Waals surface area contributed by atoms with Gasteiger partial charge in [-0.1, -0.05) is 40.2 Å². The first-order valence-corrected chi connectivity index (χ1v) is 8.73. The van der Waals surface area contributed by atoms with Crippen molar-refractivity contribution in [1.82, 2.24) is 4.98 Å². The lowest BCUT2D eigenvalue weighted by Gasteiger charge is -1.98. The number of hydrogen-bond acceptors (Lipinski definition) is 3. The second-order valence-electron chi connectivity index (χ2n) is 4.92. The van der Waals surface area contributed by atoms with Crippen LogP contribution in [0.2, 0.25) is 0 Å². The molecule has 0 saturated heterocycles. The van der Waals surface area contributed by atoms with Crippen LogP contribution < -0.4 is 5.32 Å². The van der Waals surface area contributed by atoms with Crippen molar-refractivity contribution >= 4 is 44.4 Å². The maximum atomic E-state index is 12.8. The van der Waals surface area contributed by atoms with Crippen LogP contribution >= 0.6 is 27.3 Å². The summed E-state index contributed by atoms with van der Waals surface area (Å²) in [5.41, 5.74) is 2.54. The Hall–Kier alpha value is -2.31. The van der Waals surface area contributed by atoms with Crippen molar-refractivity contribution in [1.29, 1.82) is 0 Å². The molecule has 0 aliphatic rings. The van der Waals surface area contributed by atoms with Gasteiger partial charge in [-0.3, -0.25) is 10.1 Å². The Bertz CT molecular complexity index is 873. The van der Waals surface area contributed by atoms with Crippen LogP contribution in [0.15, 0.2) is 64.5 Å². The SMILES string of the molecule is O=C(C=Cc1ccc(F)cc1)Nc1nc(-c2ccc(Br)cc2)cs1. The van der Waals surface area contributed by atoms with Crippen molar-refractivity contribution in [3.63, 3.8) is 0 Å². The molecular formula is C18H12BrFN2OS. The number of carbonyl (C=O) groups excluding carboxylic acids is 1. The van der Waals surface area contributed by atoms with E-state index in [9.17, 15) is 9.18 Å². The lowest BCUT2D eigenvalue weighted by molar-refractivity contribution is -0.111. The Morgan fingerprint density at radius 2 is 1.83 bits per heavy atom. The van der Waals surface area contributed by atoms with Gasteiger partial charge in [-0.15, -0.1) is 11.3 Å². The summed E-state index contributed by atoms with van der Waals surface area (Å²) in [6.45, 7) is 0. The van der Waals surface area contributed by atoms with Crippen LogP contribution in [-0.2, 0) is 4.79 Å². The average Bonchev–Trinajstić information content (AvgIpc) is 3.03. The zero-order valence-electron chi connectivity index (χ0n) is 12.4. The molecular weight excluding hydrogens is 391 g/mol. The number of amides is 1. The summed E-state index contributed by atoms with van der Waals surface area (Å²) in [5.74, 6) is -0.587. The highest BCUT2D eigenvalue weighted by atomic mass is 79.9. The van der Waals surface area contributed by atoms with Crippen molar-refractivity contribution in [3.05, 3.63) is 75.8 Å². The van der Waals surface area contributed by atoms with E-state index in [0.717, 1.165) is 21.3 Å². The predicted octanol–water partition coefficient (Wildman–Crippen LogP) is 5.36. The van der Waals surface area contributed by atoms with E-state index in [2.05, 4.69) is 26.2 Å². The number of nitrogens with zero attached hydrogens (tertiary/aromatic N) is 1. The molecule has 0 radical (unpaired) electrons. The molecule has 24 heavy (non-hydrogen) atoms. The van der Waals surface area contributed by atoms with Crippen molar-refractivity contribution in [2.24, 2.45) is 0 Å². The first-order valence-electron chi connectivity index (χ1n) is 7.06. The number of thiazole rings is 1. The minimum Gasteiger partial charge on any atom is -0.298 e. The number of hydrogen-bond donors (Lipinski definition) is 1. The minimum absolute atomic E-state index is 0.281. The molecule has 0 saturated carbocycles. The molecule has 0 fully saturated rings. The summed E-state index contributed by atoms with van der Waals surface area (Å²) in [4.78, 5) is 16.3. The maximum absolute atomic E-state index is 12.8. The van der Waals surface area contributed by atoms with Crippen LogP contribution in [0.4, 0.5) is 9.52 Å². The zero-order chi connectivity index (χ0) is 16.9. The third-order valence-electron chi connectivity index (χ3n) is 3.17.